The number of benzene rings is 1. The average molecular weight is 250 g/mol. The summed E-state index contributed by atoms with van der Waals surface area (Å²) in [5, 5.41) is 10.0. The number of hydrogen-bond donors (Lipinski definition) is 1. The van der Waals surface area contributed by atoms with Crippen molar-refractivity contribution in [1.82, 2.24) is 9.55 Å². The van der Waals surface area contributed by atoms with Gasteiger partial charge < -0.3 is 9.67 Å². The number of fused-ring (bicyclic) bond motifs is 1. The third kappa shape index (κ3) is 2.48. The van der Waals surface area contributed by atoms with E-state index in [1.807, 2.05) is 32.2 Å². The number of nitrogens with zero attached hydrogens (tertiary/aromatic N) is 2. The van der Waals surface area contributed by atoms with Gasteiger partial charge in [0.2, 0.25) is 0 Å². The predicted molar refractivity (Wildman–Crippen MR) is 73.4 cm³/mol. The number of rotatable bonds is 4. The van der Waals surface area contributed by atoms with Gasteiger partial charge in [-0.2, -0.15) is 11.8 Å². The minimum atomic E-state index is -0.380. The maximum atomic E-state index is 10.0. The third-order valence-corrected chi connectivity index (χ3v) is 3.75. The fraction of sp³-hybridized carbons (Fsp3) is 0.462. The van der Waals surface area contributed by atoms with Gasteiger partial charge in [-0.3, -0.25) is 0 Å². The van der Waals surface area contributed by atoms with E-state index in [4.69, 9.17) is 0 Å². The van der Waals surface area contributed by atoms with Crippen LogP contribution >= 0.6 is 11.8 Å². The molecular weight excluding hydrogens is 232 g/mol. The predicted octanol–water partition coefficient (Wildman–Crippen LogP) is 2.67. The standard InChI is InChI=1S/C13H18N2OS/c1-9-14-11-8-10(13(16)6-7-17-3)4-5-12(11)15(9)2/h4-5,8,13,16H,6-7H2,1-3H3. The maximum Gasteiger partial charge on any atom is 0.106 e. The molecule has 0 amide bonds. The lowest BCUT2D eigenvalue weighted by molar-refractivity contribution is 0.175. The Morgan fingerprint density at radius 2 is 2.24 bits per heavy atom. The molecule has 1 aromatic heterocycles. The van der Waals surface area contributed by atoms with Crippen LogP contribution < -0.4 is 0 Å². The van der Waals surface area contributed by atoms with Gasteiger partial charge in [0, 0.05) is 7.05 Å². The number of hydrogen-bond acceptors (Lipinski definition) is 3. The van der Waals surface area contributed by atoms with Crippen LogP contribution in [0.15, 0.2) is 18.2 Å². The molecule has 0 radical (unpaired) electrons. The molecular formula is C13H18N2OS. The summed E-state index contributed by atoms with van der Waals surface area (Å²) in [5.41, 5.74) is 3.04. The van der Waals surface area contributed by atoms with Crippen molar-refractivity contribution in [2.45, 2.75) is 19.4 Å². The van der Waals surface area contributed by atoms with Crippen LogP contribution in [0.2, 0.25) is 0 Å². The molecule has 0 aliphatic heterocycles. The van der Waals surface area contributed by atoms with Crippen LogP contribution in [0.3, 0.4) is 0 Å². The molecule has 0 spiro atoms. The summed E-state index contributed by atoms with van der Waals surface area (Å²) < 4.78 is 2.06. The lowest BCUT2D eigenvalue weighted by Gasteiger charge is -2.09. The summed E-state index contributed by atoms with van der Waals surface area (Å²) in [4.78, 5) is 4.48. The number of aromatic nitrogens is 2. The highest BCUT2D eigenvalue weighted by Crippen LogP contribution is 2.23. The van der Waals surface area contributed by atoms with Crippen molar-refractivity contribution in [3.05, 3.63) is 29.6 Å². The number of thioether (sulfide) groups is 1. The van der Waals surface area contributed by atoms with Crippen LogP contribution in [-0.2, 0) is 7.05 Å². The summed E-state index contributed by atoms with van der Waals surface area (Å²) in [6.45, 7) is 1.99. The molecule has 0 aliphatic carbocycles. The molecule has 0 aliphatic rings. The monoisotopic (exact) mass is 250 g/mol. The summed E-state index contributed by atoms with van der Waals surface area (Å²) in [6.07, 6.45) is 2.46. The highest BCUT2D eigenvalue weighted by Gasteiger charge is 2.10. The molecule has 0 saturated heterocycles. The van der Waals surface area contributed by atoms with Crippen LogP contribution in [0.1, 0.15) is 23.9 Å². The molecule has 4 heteroatoms. The first-order chi connectivity index (χ1) is 8.13. The number of imidazole rings is 1. The van der Waals surface area contributed by atoms with Gasteiger partial charge in [-0.1, -0.05) is 6.07 Å². The molecule has 3 nitrogen and oxygen atoms in total. The maximum absolute atomic E-state index is 10.0. The van der Waals surface area contributed by atoms with Gasteiger partial charge in [0.25, 0.3) is 0 Å². The molecule has 1 heterocycles. The molecule has 0 bridgehead atoms. The van der Waals surface area contributed by atoms with Crippen LogP contribution in [0, 0.1) is 6.92 Å². The number of aliphatic hydroxyl groups is 1. The zero-order chi connectivity index (χ0) is 12.4. The van der Waals surface area contributed by atoms with Crippen molar-refractivity contribution < 1.29 is 5.11 Å². The Bertz CT molecular complexity index is 521. The van der Waals surface area contributed by atoms with Gasteiger partial charge in [-0.25, -0.2) is 4.98 Å². The largest absolute Gasteiger partial charge is 0.388 e. The van der Waals surface area contributed by atoms with Gasteiger partial charge in [-0.15, -0.1) is 0 Å². The average Bonchev–Trinajstić information content (AvgIpc) is 2.61. The smallest absolute Gasteiger partial charge is 0.106 e. The van der Waals surface area contributed by atoms with Crippen LogP contribution in [0.25, 0.3) is 11.0 Å². The van der Waals surface area contributed by atoms with E-state index in [0.717, 1.165) is 34.6 Å². The van der Waals surface area contributed by atoms with Crippen LogP contribution in [0.5, 0.6) is 0 Å². The van der Waals surface area contributed by atoms with Crippen molar-refractivity contribution in [3.8, 4) is 0 Å². The minimum Gasteiger partial charge on any atom is -0.388 e. The zero-order valence-electron chi connectivity index (χ0n) is 10.5. The van der Waals surface area contributed by atoms with E-state index in [1.54, 1.807) is 11.8 Å². The molecule has 2 aromatic rings. The number of aliphatic hydroxyl groups excluding tert-OH is 1. The van der Waals surface area contributed by atoms with Gasteiger partial charge in [0.1, 0.15) is 5.82 Å². The molecule has 92 valence electrons. The normalized spacial score (nSPS) is 13.2. The molecule has 0 fully saturated rings. The second kappa shape index (κ2) is 5.10. The van der Waals surface area contributed by atoms with E-state index >= 15 is 0 Å². The van der Waals surface area contributed by atoms with Crippen molar-refractivity contribution in [3.63, 3.8) is 0 Å². The van der Waals surface area contributed by atoms with Crippen molar-refractivity contribution in [1.29, 1.82) is 0 Å². The van der Waals surface area contributed by atoms with Crippen molar-refractivity contribution in [2.24, 2.45) is 7.05 Å². The lowest BCUT2D eigenvalue weighted by Crippen LogP contribution is -1.99. The molecule has 1 atom stereocenters. The summed E-state index contributed by atoms with van der Waals surface area (Å²) in [7, 11) is 2.01. The van der Waals surface area contributed by atoms with Gasteiger partial charge in [-0.05, 0) is 43.0 Å². The van der Waals surface area contributed by atoms with Crippen molar-refractivity contribution in [2.75, 3.05) is 12.0 Å². The summed E-state index contributed by atoms with van der Waals surface area (Å²) in [5.74, 6) is 1.97. The third-order valence-electron chi connectivity index (χ3n) is 3.11. The Kier molecular flexibility index (Phi) is 3.74. The van der Waals surface area contributed by atoms with Crippen molar-refractivity contribution >= 4 is 22.8 Å². The second-order valence-corrected chi connectivity index (χ2v) is 5.25. The fourth-order valence-electron chi connectivity index (χ4n) is 1.94. The SMILES string of the molecule is CSCCC(O)c1ccc2c(c1)nc(C)n2C. The molecule has 17 heavy (non-hydrogen) atoms. The number of aryl methyl sites for hydroxylation is 2. The van der Waals surface area contributed by atoms with E-state index in [2.05, 4.69) is 15.8 Å². The van der Waals surface area contributed by atoms with Gasteiger partial charge in [0.05, 0.1) is 17.1 Å². The van der Waals surface area contributed by atoms with Gasteiger partial charge >= 0.3 is 0 Å². The van der Waals surface area contributed by atoms with E-state index in [-0.39, 0.29) is 6.10 Å². The van der Waals surface area contributed by atoms with E-state index < -0.39 is 0 Å². The van der Waals surface area contributed by atoms with E-state index in [9.17, 15) is 5.11 Å². The first-order valence-electron chi connectivity index (χ1n) is 5.73. The lowest BCUT2D eigenvalue weighted by atomic mass is 10.1. The molecule has 2 rings (SSSR count). The Morgan fingerprint density at radius 1 is 1.47 bits per heavy atom. The molecule has 0 saturated carbocycles. The minimum absolute atomic E-state index is 0.380. The highest BCUT2D eigenvalue weighted by atomic mass is 32.2. The second-order valence-electron chi connectivity index (χ2n) is 4.26. The molecule has 1 aromatic carbocycles. The molecule has 1 N–H and O–H groups in total. The topological polar surface area (TPSA) is 38.1 Å². The fourth-order valence-corrected chi connectivity index (χ4v) is 2.40. The Labute approximate surface area is 106 Å². The highest BCUT2D eigenvalue weighted by molar-refractivity contribution is 7.98. The Morgan fingerprint density at radius 3 is 2.94 bits per heavy atom. The quantitative estimate of drug-likeness (QED) is 0.906. The molecule has 1 unspecified atom stereocenters. The van der Waals surface area contributed by atoms with Gasteiger partial charge in [0.15, 0.2) is 0 Å². The Hall–Kier alpha value is -1.00. The first kappa shape index (κ1) is 12.5. The Balaban J connectivity index is 2.31. The van der Waals surface area contributed by atoms with E-state index in [0.29, 0.717) is 0 Å². The van der Waals surface area contributed by atoms with Crippen LogP contribution in [0.4, 0.5) is 0 Å². The summed E-state index contributed by atoms with van der Waals surface area (Å²) in [6, 6.07) is 6.02. The first-order valence-corrected chi connectivity index (χ1v) is 7.13. The van der Waals surface area contributed by atoms with E-state index in [1.165, 1.54) is 0 Å². The summed E-state index contributed by atoms with van der Waals surface area (Å²) >= 11 is 1.76. The zero-order valence-corrected chi connectivity index (χ0v) is 11.3. The van der Waals surface area contributed by atoms with Crippen LogP contribution in [-0.4, -0.2) is 26.7 Å².